The summed E-state index contributed by atoms with van der Waals surface area (Å²) >= 11 is 0. The van der Waals surface area contributed by atoms with Gasteiger partial charge in [0.05, 0.1) is 0 Å². The van der Waals surface area contributed by atoms with Crippen molar-refractivity contribution < 1.29 is 19.4 Å². The second kappa shape index (κ2) is 6.62. The number of anilines is 1. The fraction of sp³-hybridized carbons (Fsp3) is 0.133. The number of carboxylic acid groups (broad SMARTS) is 1. The highest BCUT2D eigenvalue weighted by Crippen LogP contribution is 2.19. The molecule has 1 atom stereocenters. The Balaban J connectivity index is 2.23. The minimum atomic E-state index is -1.16. The molecule has 6 nitrogen and oxygen atoms in total. The molecule has 21 heavy (non-hydrogen) atoms. The van der Waals surface area contributed by atoms with E-state index in [1.807, 2.05) is 6.07 Å². The average molecular weight is 286 g/mol. The van der Waals surface area contributed by atoms with Crippen molar-refractivity contribution in [2.75, 3.05) is 12.4 Å². The van der Waals surface area contributed by atoms with E-state index in [-0.39, 0.29) is 11.4 Å². The Morgan fingerprint density at radius 2 is 1.90 bits per heavy atom. The molecule has 2 rings (SSSR count). The molecule has 0 fully saturated rings. The van der Waals surface area contributed by atoms with E-state index in [2.05, 4.69) is 10.3 Å². The van der Waals surface area contributed by atoms with Crippen LogP contribution in [0.15, 0.2) is 48.7 Å². The van der Waals surface area contributed by atoms with Gasteiger partial charge in [-0.15, -0.1) is 0 Å². The van der Waals surface area contributed by atoms with Gasteiger partial charge in [-0.05, 0) is 17.7 Å². The Bertz CT molecular complexity index is 643. The van der Waals surface area contributed by atoms with Crippen LogP contribution in [0.4, 0.5) is 5.82 Å². The molecule has 0 saturated carbocycles. The largest absolute Gasteiger partial charge is 0.478 e. The molecule has 0 saturated heterocycles. The monoisotopic (exact) mass is 286 g/mol. The molecule has 1 aromatic carbocycles. The Morgan fingerprint density at radius 1 is 1.19 bits per heavy atom. The molecule has 1 aromatic heterocycles. The van der Waals surface area contributed by atoms with E-state index in [0.717, 1.165) is 0 Å². The van der Waals surface area contributed by atoms with Gasteiger partial charge in [0.1, 0.15) is 11.4 Å². The van der Waals surface area contributed by atoms with Gasteiger partial charge < -0.3 is 15.2 Å². The molecule has 0 aliphatic carbocycles. The van der Waals surface area contributed by atoms with Gasteiger partial charge in [-0.1, -0.05) is 30.3 Å². The summed E-state index contributed by atoms with van der Waals surface area (Å²) in [6.07, 6.45) is 0.571. The highest BCUT2D eigenvalue weighted by atomic mass is 16.5. The van der Waals surface area contributed by atoms with E-state index in [0.29, 0.717) is 5.56 Å². The van der Waals surface area contributed by atoms with Crippen molar-refractivity contribution >= 4 is 17.7 Å². The van der Waals surface area contributed by atoms with Crippen molar-refractivity contribution in [2.45, 2.75) is 6.10 Å². The summed E-state index contributed by atoms with van der Waals surface area (Å²) in [6, 6.07) is 11.8. The lowest BCUT2D eigenvalue weighted by Gasteiger charge is -2.15. The Kier molecular flexibility index (Phi) is 4.63. The van der Waals surface area contributed by atoms with Crippen LogP contribution >= 0.6 is 0 Å². The van der Waals surface area contributed by atoms with Gasteiger partial charge in [-0.2, -0.15) is 0 Å². The van der Waals surface area contributed by atoms with Crippen LogP contribution in [0.2, 0.25) is 0 Å². The van der Waals surface area contributed by atoms with Crippen LogP contribution in [-0.4, -0.2) is 29.1 Å². The number of nitrogens with zero attached hydrogens (tertiary/aromatic N) is 1. The first kappa shape index (κ1) is 14.7. The van der Waals surface area contributed by atoms with E-state index in [9.17, 15) is 9.59 Å². The van der Waals surface area contributed by atoms with Crippen LogP contribution in [0, 0.1) is 0 Å². The van der Waals surface area contributed by atoms with Crippen LogP contribution in [0.3, 0.4) is 0 Å². The number of carboxylic acids is 1. The van der Waals surface area contributed by atoms with Crippen LogP contribution in [0.25, 0.3) is 0 Å². The minimum absolute atomic E-state index is 0.00650. The Hall–Kier alpha value is -2.73. The smallest absolute Gasteiger partial charge is 0.339 e. The van der Waals surface area contributed by atoms with Crippen molar-refractivity contribution in [3.05, 3.63) is 59.8 Å². The molecule has 2 N–H and O–H groups in total. The zero-order valence-corrected chi connectivity index (χ0v) is 11.3. The lowest BCUT2D eigenvalue weighted by molar-refractivity contribution is -0.126. The topological polar surface area (TPSA) is 88.5 Å². The number of pyridine rings is 1. The second-order valence-electron chi connectivity index (χ2n) is 4.22. The van der Waals surface area contributed by atoms with Gasteiger partial charge in [0.2, 0.25) is 0 Å². The van der Waals surface area contributed by atoms with Gasteiger partial charge in [0, 0.05) is 13.3 Å². The predicted octanol–water partition coefficient (Wildman–Crippen LogP) is 2.11. The quantitative estimate of drug-likeness (QED) is 0.878. The summed E-state index contributed by atoms with van der Waals surface area (Å²) in [5.41, 5.74) is 0.596. The molecule has 2 aromatic rings. The van der Waals surface area contributed by atoms with Gasteiger partial charge in [-0.25, -0.2) is 9.78 Å². The number of methoxy groups -OCH3 is 1. The summed E-state index contributed by atoms with van der Waals surface area (Å²) in [4.78, 5) is 27.2. The molecule has 0 radical (unpaired) electrons. The number of ether oxygens (including phenoxy) is 1. The fourth-order valence-electron chi connectivity index (χ4n) is 1.88. The standard InChI is InChI=1S/C15H14N2O4/c1-21-12(10-6-3-2-4-7-10)14(18)17-13-11(15(19)20)8-5-9-16-13/h2-9,12H,1H3,(H,19,20)(H,16,17,18). The lowest BCUT2D eigenvalue weighted by atomic mass is 10.1. The predicted molar refractivity (Wildman–Crippen MR) is 76.0 cm³/mol. The van der Waals surface area contributed by atoms with Gasteiger partial charge in [0.25, 0.3) is 5.91 Å². The highest BCUT2D eigenvalue weighted by molar-refractivity contribution is 6.00. The van der Waals surface area contributed by atoms with E-state index in [4.69, 9.17) is 9.84 Å². The van der Waals surface area contributed by atoms with Gasteiger partial charge >= 0.3 is 5.97 Å². The van der Waals surface area contributed by atoms with Crippen molar-refractivity contribution in [2.24, 2.45) is 0 Å². The molecular weight excluding hydrogens is 272 g/mol. The molecule has 6 heteroatoms. The average Bonchev–Trinajstić information content (AvgIpc) is 2.49. The first-order chi connectivity index (χ1) is 10.1. The van der Waals surface area contributed by atoms with Crippen LogP contribution in [-0.2, 0) is 9.53 Å². The number of hydrogen-bond acceptors (Lipinski definition) is 4. The third-order valence-electron chi connectivity index (χ3n) is 2.86. The van der Waals surface area contributed by atoms with Crippen molar-refractivity contribution in [3.8, 4) is 0 Å². The van der Waals surface area contributed by atoms with Crippen LogP contribution in [0.5, 0.6) is 0 Å². The van der Waals surface area contributed by atoms with Crippen molar-refractivity contribution in [3.63, 3.8) is 0 Å². The zero-order chi connectivity index (χ0) is 15.2. The molecule has 0 spiro atoms. The molecule has 1 unspecified atom stereocenters. The Morgan fingerprint density at radius 3 is 2.52 bits per heavy atom. The molecule has 1 amide bonds. The summed E-state index contributed by atoms with van der Waals surface area (Å²) in [5, 5.41) is 11.6. The minimum Gasteiger partial charge on any atom is -0.478 e. The third-order valence-corrected chi connectivity index (χ3v) is 2.86. The maximum absolute atomic E-state index is 12.2. The third kappa shape index (κ3) is 3.43. The van der Waals surface area contributed by atoms with Gasteiger partial charge in [-0.3, -0.25) is 4.79 Å². The number of amides is 1. The maximum Gasteiger partial charge on any atom is 0.339 e. The summed E-state index contributed by atoms with van der Waals surface area (Å²) in [5.74, 6) is -1.65. The van der Waals surface area contributed by atoms with E-state index in [1.54, 1.807) is 24.3 Å². The summed E-state index contributed by atoms with van der Waals surface area (Å²) < 4.78 is 5.18. The molecule has 0 aliphatic heterocycles. The second-order valence-corrected chi connectivity index (χ2v) is 4.22. The fourth-order valence-corrected chi connectivity index (χ4v) is 1.88. The number of hydrogen-bond donors (Lipinski definition) is 2. The zero-order valence-electron chi connectivity index (χ0n) is 11.3. The Labute approximate surface area is 121 Å². The lowest BCUT2D eigenvalue weighted by Crippen LogP contribution is -2.24. The highest BCUT2D eigenvalue weighted by Gasteiger charge is 2.22. The van der Waals surface area contributed by atoms with Crippen molar-refractivity contribution in [1.82, 2.24) is 4.98 Å². The van der Waals surface area contributed by atoms with Crippen molar-refractivity contribution in [1.29, 1.82) is 0 Å². The first-order valence-corrected chi connectivity index (χ1v) is 6.20. The summed E-state index contributed by atoms with van der Waals surface area (Å²) in [7, 11) is 1.41. The van der Waals surface area contributed by atoms with Crippen LogP contribution < -0.4 is 5.32 Å². The van der Waals surface area contributed by atoms with Crippen LogP contribution in [0.1, 0.15) is 22.0 Å². The molecule has 1 heterocycles. The van der Waals surface area contributed by atoms with Gasteiger partial charge in [0.15, 0.2) is 6.10 Å². The number of aromatic carboxylic acids is 1. The van der Waals surface area contributed by atoms with E-state index >= 15 is 0 Å². The SMILES string of the molecule is COC(C(=O)Nc1ncccc1C(=O)O)c1ccccc1. The number of aromatic nitrogens is 1. The number of nitrogens with one attached hydrogen (secondary N) is 1. The van der Waals surface area contributed by atoms with E-state index < -0.39 is 18.0 Å². The number of rotatable bonds is 5. The molecular formula is C15H14N2O4. The number of carbonyl (C=O) groups is 2. The maximum atomic E-state index is 12.2. The number of carbonyl (C=O) groups excluding carboxylic acids is 1. The molecule has 0 bridgehead atoms. The first-order valence-electron chi connectivity index (χ1n) is 6.20. The van der Waals surface area contributed by atoms with E-state index in [1.165, 1.54) is 25.4 Å². The molecule has 108 valence electrons. The number of benzene rings is 1. The normalized spacial score (nSPS) is 11.7. The molecule has 0 aliphatic rings. The summed E-state index contributed by atoms with van der Waals surface area (Å²) in [6.45, 7) is 0.